The molecule has 1 unspecified atom stereocenters. The number of methoxy groups -OCH3 is 1. The molecular formula is C17H26O5. The molecule has 0 spiro atoms. The molecular weight excluding hydrogens is 284 g/mol. The van der Waals surface area contributed by atoms with Gasteiger partial charge in [0.05, 0.1) is 12.7 Å². The summed E-state index contributed by atoms with van der Waals surface area (Å²) in [5, 5.41) is 29.5. The first-order valence-electron chi connectivity index (χ1n) is 7.74. The molecule has 0 saturated carbocycles. The highest BCUT2D eigenvalue weighted by Gasteiger charge is 2.30. The Bertz CT molecular complexity index is 486. The Morgan fingerprint density at radius 1 is 1.23 bits per heavy atom. The van der Waals surface area contributed by atoms with Crippen LogP contribution in [0.2, 0.25) is 0 Å². The molecule has 0 saturated heterocycles. The lowest BCUT2D eigenvalue weighted by atomic mass is 9.84. The van der Waals surface area contributed by atoms with Crippen LogP contribution in [0.4, 0.5) is 0 Å². The molecule has 0 aromatic heterocycles. The van der Waals surface area contributed by atoms with Crippen LogP contribution in [0.5, 0.6) is 11.5 Å². The molecule has 0 bridgehead atoms. The molecule has 1 aromatic carbocycles. The Kier molecular flexibility index (Phi) is 7.18. The summed E-state index contributed by atoms with van der Waals surface area (Å²) in [6, 6.07) is 4.67. The number of carboxylic acids is 1. The first kappa shape index (κ1) is 18.3. The van der Waals surface area contributed by atoms with E-state index in [1.54, 1.807) is 12.1 Å². The Labute approximate surface area is 131 Å². The van der Waals surface area contributed by atoms with Crippen molar-refractivity contribution < 1.29 is 24.9 Å². The summed E-state index contributed by atoms with van der Waals surface area (Å²) < 4.78 is 5.07. The second-order valence-corrected chi connectivity index (χ2v) is 5.62. The number of aliphatic hydroxyl groups is 1. The van der Waals surface area contributed by atoms with Gasteiger partial charge in [0.2, 0.25) is 0 Å². The number of phenols is 1. The van der Waals surface area contributed by atoms with Crippen LogP contribution in [0.15, 0.2) is 18.2 Å². The molecule has 3 N–H and O–H groups in total. The van der Waals surface area contributed by atoms with Gasteiger partial charge in [0.15, 0.2) is 11.5 Å². The van der Waals surface area contributed by atoms with Gasteiger partial charge >= 0.3 is 5.97 Å². The fourth-order valence-corrected chi connectivity index (χ4v) is 2.54. The molecule has 0 aliphatic carbocycles. The second-order valence-electron chi connectivity index (χ2n) is 5.62. The van der Waals surface area contributed by atoms with Crippen LogP contribution >= 0.6 is 0 Å². The molecule has 5 heteroatoms. The third-order valence-corrected chi connectivity index (χ3v) is 3.91. The van der Waals surface area contributed by atoms with Gasteiger partial charge in [0.25, 0.3) is 0 Å². The van der Waals surface area contributed by atoms with Gasteiger partial charge in [-0.3, -0.25) is 4.79 Å². The average molecular weight is 310 g/mol. The maximum Gasteiger partial charge on any atom is 0.303 e. The van der Waals surface area contributed by atoms with Crippen molar-refractivity contribution in [3.05, 3.63) is 23.8 Å². The number of carbonyl (C=O) groups is 1. The number of unbranched alkanes of at least 4 members (excludes halogenated alkanes) is 3. The highest BCUT2D eigenvalue weighted by atomic mass is 16.5. The van der Waals surface area contributed by atoms with E-state index in [0.29, 0.717) is 12.0 Å². The molecule has 0 radical (unpaired) electrons. The summed E-state index contributed by atoms with van der Waals surface area (Å²) in [6.45, 7) is 2.11. The highest BCUT2D eigenvalue weighted by molar-refractivity contribution is 5.66. The number of hydrogen-bond donors (Lipinski definition) is 3. The van der Waals surface area contributed by atoms with Gasteiger partial charge in [-0.15, -0.1) is 0 Å². The van der Waals surface area contributed by atoms with Crippen molar-refractivity contribution in [2.24, 2.45) is 0 Å². The number of aliphatic carboxylic acids is 1. The first-order valence-corrected chi connectivity index (χ1v) is 7.74. The van der Waals surface area contributed by atoms with Gasteiger partial charge in [-0.25, -0.2) is 0 Å². The Morgan fingerprint density at radius 3 is 2.55 bits per heavy atom. The number of hydrogen-bond acceptors (Lipinski definition) is 4. The van der Waals surface area contributed by atoms with Crippen LogP contribution in [0, 0.1) is 0 Å². The van der Waals surface area contributed by atoms with Crippen molar-refractivity contribution >= 4 is 5.97 Å². The fourth-order valence-electron chi connectivity index (χ4n) is 2.54. The summed E-state index contributed by atoms with van der Waals surface area (Å²) in [7, 11) is 1.44. The van der Waals surface area contributed by atoms with Crippen molar-refractivity contribution in [1.29, 1.82) is 0 Å². The molecule has 124 valence electrons. The monoisotopic (exact) mass is 310 g/mol. The summed E-state index contributed by atoms with van der Waals surface area (Å²) in [5.74, 6) is -0.657. The quantitative estimate of drug-likeness (QED) is 0.576. The summed E-state index contributed by atoms with van der Waals surface area (Å²) in [4.78, 5) is 10.9. The van der Waals surface area contributed by atoms with Gasteiger partial charge in [0.1, 0.15) is 0 Å². The van der Waals surface area contributed by atoms with Crippen LogP contribution in [0.25, 0.3) is 0 Å². The van der Waals surface area contributed by atoms with Gasteiger partial charge in [0, 0.05) is 6.42 Å². The molecule has 0 aliphatic rings. The third kappa shape index (κ3) is 5.22. The third-order valence-electron chi connectivity index (χ3n) is 3.91. The van der Waals surface area contributed by atoms with Crippen LogP contribution in [0.3, 0.4) is 0 Å². The van der Waals surface area contributed by atoms with Gasteiger partial charge in [-0.1, -0.05) is 38.7 Å². The van der Waals surface area contributed by atoms with E-state index in [9.17, 15) is 15.0 Å². The zero-order valence-electron chi connectivity index (χ0n) is 13.3. The molecule has 1 rings (SSSR count). The summed E-state index contributed by atoms with van der Waals surface area (Å²) in [6.07, 6.45) is 4.55. The van der Waals surface area contributed by atoms with E-state index in [-0.39, 0.29) is 24.3 Å². The molecule has 0 aliphatic heterocycles. The topological polar surface area (TPSA) is 87.0 Å². The maximum absolute atomic E-state index is 10.9. The van der Waals surface area contributed by atoms with E-state index >= 15 is 0 Å². The number of carboxylic acid groups (broad SMARTS) is 1. The van der Waals surface area contributed by atoms with Crippen LogP contribution < -0.4 is 4.74 Å². The standard InChI is InChI=1S/C17H26O5/c1-3-4-5-6-10-17(21,11-9-16(19)20)13-7-8-14(18)15(12-13)22-2/h7-8,12,18,21H,3-6,9-11H2,1-2H3,(H,19,20). The van der Waals surface area contributed by atoms with Crippen molar-refractivity contribution in [1.82, 2.24) is 0 Å². The number of aromatic hydroxyl groups is 1. The van der Waals surface area contributed by atoms with Crippen molar-refractivity contribution in [3.63, 3.8) is 0 Å². The van der Waals surface area contributed by atoms with E-state index in [0.717, 1.165) is 25.7 Å². The minimum atomic E-state index is -1.22. The normalized spacial score (nSPS) is 13.6. The van der Waals surface area contributed by atoms with Gasteiger partial charge in [-0.2, -0.15) is 0 Å². The molecule has 0 fully saturated rings. The first-order chi connectivity index (χ1) is 10.4. The summed E-state index contributed by atoms with van der Waals surface area (Å²) in [5.41, 5.74) is -0.632. The van der Waals surface area contributed by atoms with E-state index in [2.05, 4.69) is 6.92 Å². The second kappa shape index (κ2) is 8.63. The van der Waals surface area contributed by atoms with E-state index < -0.39 is 11.6 Å². The van der Waals surface area contributed by atoms with Crippen LogP contribution in [-0.4, -0.2) is 28.4 Å². The lowest BCUT2D eigenvalue weighted by Crippen LogP contribution is -2.27. The zero-order valence-corrected chi connectivity index (χ0v) is 13.3. The van der Waals surface area contributed by atoms with E-state index in [4.69, 9.17) is 9.84 Å². The van der Waals surface area contributed by atoms with Crippen molar-refractivity contribution in [2.45, 2.75) is 57.5 Å². The molecule has 0 amide bonds. The SMILES string of the molecule is CCCCCCC(O)(CCC(=O)O)c1ccc(O)c(OC)c1. The molecule has 0 heterocycles. The van der Waals surface area contributed by atoms with Crippen LogP contribution in [-0.2, 0) is 10.4 Å². The van der Waals surface area contributed by atoms with E-state index in [1.165, 1.54) is 13.2 Å². The molecule has 1 aromatic rings. The van der Waals surface area contributed by atoms with E-state index in [1.807, 2.05) is 0 Å². The number of benzene rings is 1. The average Bonchev–Trinajstić information content (AvgIpc) is 2.50. The minimum absolute atomic E-state index is 0.00202. The molecule has 5 nitrogen and oxygen atoms in total. The number of phenolic OH excluding ortho intramolecular Hbond substituents is 1. The Morgan fingerprint density at radius 2 is 1.95 bits per heavy atom. The molecule has 22 heavy (non-hydrogen) atoms. The lowest BCUT2D eigenvalue weighted by Gasteiger charge is -2.29. The Hall–Kier alpha value is -1.75. The van der Waals surface area contributed by atoms with Gasteiger partial charge in [-0.05, 0) is 30.5 Å². The van der Waals surface area contributed by atoms with Crippen molar-refractivity contribution in [2.75, 3.05) is 7.11 Å². The van der Waals surface area contributed by atoms with Gasteiger partial charge < -0.3 is 20.1 Å². The minimum Gasteiger partial charge on any atom is -0.504 e. The largest absolute Gasteiger partial charge is 0.504 e. The van der Waals surface area contributed by atoms with Crippen LogP contribution in [0.1, 0.15) is 57.4 Å². The maximum atomic E-state index is 10.9. The summed E-state index contributed by atoms with van der Waals surface area (Å²) >= 11 is 0. The lowest BCUT2D eigenvalue weighted by molar-refractivity contribution is -0.138. The van der Waals surface area contributed by atoms with Crippen molar-refractivity contribution in [3.8, 4) is 11.5 Å². The predicted octanol–water partition coefficient (Wildman–Crippen LogP) is 3.42. The molecule has 1 atom stereocenters. The highest BCUT2D eigenvalue weighted by Crippen LogP contribution is 2.37. The number of rotatable bonds is 10. The Balaban J connectivity index is 2.94. The predicted molar refractivity (Wildman–Crippen MR) is 84.2 cm³/mol. The fraction of sp³-hybridized carbons (Fsp3) is 0.588. The smallest absolute Gasteiger partial charge is 0.303 e. The number of ether oxygens (including phenoxy) is 1. The zero-order chi connectivity index (χ0) is 16.6.